The molecule has 15 heavy (non-hydrogen) atoms. The fraction of sp³-hybridized carbons (Fsp3) is 0.769. The van der Waals surface area contributed by atoms with Crippen LogP contribution in [0.1, 0.15) is 44.9 Å². The van der Waals surface area contributed by atoms with Gasteiger partial charge in [-0.3, -0.25) is 4.79 Å². The van der Waals surface area contributed by atoms with E-state index in [1.807, 2.05) is 0 Å². The van der Waals surface area contributed by atoms with Crippen molar-refractivity contribution in [1.29, 1.82) is 0 Å². The minimum atomic E-state index is 0.179. The summed E-state index contributed by atoms with van der Waals surface area (Å²) in [6.45, 7) is 2.09. The lowest BCUT2D eigenvalue weighted by Gasteiger charge is -2.21. The normalized spacial score (nSPS) is 22.3. The van der Waals surface area contributed by atoms with Crippen molar-refractivity contribution in [2.45, 2.75) is 44.9 Å². The summed E-state index contributed by atoms with van der Waals surface area (Å²) in [6, 6.07) is 3.03. The standard InChI is InChI=1S/C13H19NO/c15-13(12-6-2-3-7-12)8-11-14-9-4-1-5-10-14/h12H,1-7,9-10H2. The quantitative estimate of drug-likeness (QED) is 0.612. The topological polar surface area (TPSA) is 20.3 Å². The van der Waals surface area contributed by atoms with Crippen molar-refractivity contribution in [1.82, 2.24) is 4.90 Å². The fourth-order valence-corrected chi connectivity index (χ4v) is 2.43. The second kappa shape index (κ2) is 5.21. The number of likely N-dealkylation sites (tertiary alicyclic amines) is 1. The number of Topliss-reactive ketones (excluding diaryl/α,β-unsaturated/α-hetero) is 1. The molecule has 1 aliphatic heterocycles. The smallest absolute Gasteiger partial charge is 0.210 e. The summed E-state index contributed by atoms with van der Waals surface area (Å²) in [5, 5.41) is 0. The predicted molar refractivity (Wildman–Crippen MR) is 60.2 cm³/mol. The molecule has 2 aliphatic rings. The first-order valence-corrected chi connectivity index (χ1v) is 6.17. The Labute approximate surface area is 92.0 Å². The number of piperidine rings is 1. The highest BCUT2D eigenvalue weighted by Crippen LogP contribution is 2.25. The molecule has 1 saturated carbocycles. The Morgan fingerprint density at radius 2 is 1.67 bits per heavy atom. The minimum Gasteiger partial charge on any atom is -0.332 e. The van der Waals surface area contributed by atoms with Crippen molar-refractivity contribution < 1.29 is 4.79 Å². The molecule has 0 aromatic heterocycles. The van der Waals surface area contributed by atoms with Gasteiger partial charge in [-0.1, -0.05) is 12.8 Å². The Bertz CT molecular complexity index is 275. The predicted octanol–water partition coefficient (Wildman–Crippen LogP) is 2.19. The SMILES string of the molecule is O=C(C#CN1CCCCC1)C1CCCC1. The van der Waals surface area contributed by atoms with Gasteiger partial charge in [0, 0.05) is 25.1 Å². The van der Waals surface area contributed by atoms with Crippen molar-refractivity contribution in [3.63, 3.8) is 0 Å². The molecule has 0 unspecified atom stereocenters. The molecule has 0 bridgehead atoms. The van der Waals surface area contributed by atoms with Gasteiger partial charge in [0.2, 0.25) is 5.78 Å². The van der Waals surface area contributed by atoms with Crippen LogP contribution in [-0.4, -0.2) is 23.8 Å². The Morgan fingerprint density at radius 3 is 2.33 bits per heavy atom. The van der Waals surface area contributed by atoms with Crippen LogP contribution in [0.15, 0.2) is 0 Å². The van der Waals surface area contributed by atoms with Crippen molar-refractivity contribution in [3.05, 3.63) is 0 Å². The molecule has 2 rings (SSSR count). The van der Waals surface area contributed by atoms with E-state index in [0.29, 0.717) is 0 Å². The number of nitrogens with zero attached hydrogens (tertiary/aromatic N) is 1. The molecule has 82 valence electrons. The Hall–Kier alpha value is -0.970. The molecule has 0 radical (unpaired) electrons. The van der Waals surface area contributed by atoms with Crippen LogP contribution < -0.4 is 0 Å². The zero-order valence-electron chi connectivity index (χ0n) is 9.30. The molecule has 1 heterocycles. The van der Waals surface area contributed by atoms with Crippen LogP contribution in [0.5, 0.6) is 0 Å². The summed E-state index contributed by atoms with van der Waals surface area (Å²) in [7, 11) is 0. The molecule has 0 spiro atoms. The van der Waals surface area contributed by atoms with Gasteiger partial charge in [0.15, 0.2) is 0 Å². The van der Waals surface area contributed by atoms with E-state index in [0.717, 1.165) is 25.9 Å². The van der Waals surface area contributed by atoms with Gasteiger partial charge in [0.05, 0.1) is 0 Å². The molecule has 0 amide bonds. The first-order valence-electron chi connectivity index (χ1n) is 6.17. The van der Waals surface area contributed by atoms with Crippen LogP contribution >= 0.6 is 0 Å². The second-order valence-corrected chi connectivity index (χ2v) is 4.63. The number of carbonyl (C=O) groups is 1. The molecule has 0 atom stereocenters. The van der Waals surface area contributed by atoms with E-state index in [4.69, 9.17) is 0 Å². The highest BCUT2D eigenvalue weighted by molar-refractivity contribution is 5.97. The highest BCUT2D eigenvalue weighted by Gasteiger charge is 2.21. The molecule has 0 N–H and O–H groups in total. The zero-order chi connectivity index (χ0) is 10.5. The third kappa shape index (κ3) is 2.99. The lowest BCUT2D eigenvalue weighted by atomic mass is 10.0. The molecule has 1 aliphatic carbocycles. The Morgan fingerprint density at radius 1 is 1.00 bits per heavy atom. The van der Waals surface area contributed by atoms with E-state index in [9.17, 15) is 4.79 Å². The molecular formula is C13H19NO. The first-order chi connectivity index (χ1) is 7.36. The van der Waals surface area contributed by atoms with Crippen molar-refractivity contribution in [2.75, 3.05) is 13.1 Å². The summed E-state index contributed by atoms with van der Waals surface area (Å²) in [4.78, 5) is 13.8. The highest BCUT2D eigenvalue weighted by atomic mass is 16.1. The van der Waals surface area contributed by atoms with Crippen LogP contribution in [0.3, 0.4) is 0 Å². The van der Waals surface area contributed by atoms with Crippen LogP contribution in [0.25, 0.3) is 0 Å². The van der Waals surface area contributed by atoms with Crippen molar-refractivity contribution in [2.24, 2.45) is 5.92 Å². The maximum absolute atomic E-state index is 11.7. The molecule has 1 saturated heterocycles. The Kier molecular flexibility index (Phi) is 3.66. The lowest BCUT2D eigenvalue weighted by Crippen LogP contribution is -2.25. The molecular weight excluding hydrogens is 186 g/mol. The van der Waals surface area contributed by atoms with Gasteiger partial charge < -0.3 is 4.90 Å². The molecule has 2 fully saturated rings. The average molecular weight is 205 g/mol. The van der Waals surface area contributed by atoms with Crippen LogP contribution in [0, 0.1) is 17.9 Å². The van der Waals surface area contributed by atoms with E-state index >= 15 is 0 Å². The van der Waals surface area contributed by atoms with Gasteiger partial charge in [-0.15, -0.1) is 0 Å². The lowest BCUT2D eigenvalue weighted by molar-refractivity contribution is -0.117. The van der Waals surface area contributed by atoms with E-state index in [-0.39, 0.29) is 11.7 Å². The van der Waals surface area contributed by atoms with Crippen LogP contribution in [-0.2, 0) is 4.79 Å². The van der Waals surface area contributed by atoms with E-state index in [2.05, 4.69) is 16.9 Å². The zero-order valence-corrected chi connectivity index (χ0v) is 9.30. The second-order valence-electron chi connectivity index (χ2n) is 4.63. The van der Waals surface area contributed by atoms with Crippen molar-refractivity contribution in [3.8, 4) is 12.0 Å². The Balaban J connectivity index is 1.83. The summed E-state index contributed by atoms with van der Waals surface area (Å²) in [5.41, 5.74) is 0. The third-order valence-corrected chi connectivity index (χ3v) is 3.42. The largest absolute Gasteiger partial charge is 0.332 e. The number of hydrogen-bond acceptors (Lipinski definition) is 2. The number of ketones is 1. The minimum absolute atomic E-state index is 0.179. The number of rotatable bonds is 1. The summed E-state index contributed by atoms with van der Waals surface area (Å²) in [6.07, 6.45) is 8.32. The van der Waals surface area contributed by atoms with E-state index in [1.165, 1.54) is 32.1 Å². The van der Waals surface area contributed by atoms with Crippen LogP contribution in [0.4, 0.5) is 0 Å². The first kappa shape index (κ1) is 10.5. The number of carbonyl (C=O) groups excluding carboxylic acids is 1. The summed E-state index contributed by atoms with van der Waals surface area (Å²) in [5.74, 6) is 3.26. The van der Waals surface area contributed by atoms with Crippen molar-refractivity contribution >= 4 is 5.78 Å². The van der Waals surface area contributed by atoms with Gasteiger partial charge in [-0.25, -0.2) is 0 Å². The molecule has 2 heteroatoms. The summed E-state index contributed by atoms with van der Waals surface area (Å²) >= 11 is 0. The van der Waals surface area contributed by atoms with Gasteiger partial charge in [0.25, 0.3) is 0 Å². The average Bonchev–Trinajstić information content (AvgIpc) is 2.81. The molecule has 0 aromatic rings. The fourth-order valence-electron chi connectivity index (χ4n) is 2.43. The number of hydrogen-bond donors (Lipinski definition) is 0. The third-order valence-electron chi connectivity index (χ3n) is 3.42. The monoisotopic (exact) mass is 205 g/mol. The maximum Gasteiger partial charge on any atom is 0.210 e. The van der Waals surface area contributed by atoms with E-state index < -0.39 is 0 Å². The van der Waals surface area contributed by atoms with E-state index in [1.54, 1.807) is 0 Å². The maximum atomic E-state index is 11.7. The van der Waals surface area contributed by atoms with Gasteiger partial charge in [-0.05, 0) is 38.0 Å². The molecule has 2 nitrogen and oxygen atoms in total. The summed E-state index contributed by atoms with van der Waals surface area (Å²) < 4.78 is 0. The molecule has 0 aromatic carbocycles. The van der Waals surface area contributed by atoms with Gasteiger partial charge in [-0.2, -0.15) is 0 Å². The van der Waals surface area contributed by atoms with Gasteiger partial charge >= 0.3 is 0 Å². The van der Waals surface area contributed by atoms with Crippen LogP contribution in [0.2, 0.25) is 0 Å². The van der Waals surface area contributed by atoms with Gasteiger partial charge in [0.1, 0.15) is 0 Å².